The summed E-state index contributed by atoms with van der Waals surface area (Å²) in [5.74, 6) is 1.64. The molecule has 2 saturated heterocycles. The van der Waals surface area contributed by atoms with Crippen molar-refractivity contribution in [1.82, 2.24) is 20.4 Å². The average molecular weight is 329 g/mol. The number of nitrogens with one attached hydrogen (secondary N) is 2. The Balaban J connectivity index is 1.60. The number of hydrogen-bond donors (Lipinski definition) is 2. The minimum Gasteiger partial charge on any atom is -0.461 e. The molecule has 126 valence electrons. The summed E-state index contributed by atoms with van der Waals surface area (Å²) in [6, 6.07) is 0.461. The molecule has 0 aliphatic carbocycles. The van der Waals surface area contributed by atoms with Crippen LogP contribution in [0.25, 0.3) is 0 Å². The average Bonchev–Trinajstić information content (AvgIpc) is 3.04. The smallest absolute Gasteiger partial charge is 0.322 e. The maximum atomic E-state index is 11.8. The van der Waals surface area contributed by atoms with Gasteiger partial charge in [0.1, 0.15) is 23.0 Å². The van der Waals surface area contributed by atoms with Crippen LogP contribution >= 0.6 is 0 Å². The molecule has 1 unspecified atom stereocenters. The van der Waals surface area contributed by atoms with Crippen molar-refractivity contribution in [2.75, 3.05) is 33.2 Å². The Morgan fingerprint density at radius 1 is 1.25 bits per heavy atom. The van der Waals surface area contributed by atoms with Crippen LogP contribution in [0.1, 0.15) is 17.6 Å². The van der Waals surface area contributed by atoms with Crippen molar-refractivity contribution in [3.8, 4) is 0 Å². The predicted octanol–water partition coefficient (Wildman–Crippen LogP) is 0.550. The van der Waals surface area contributed by atoms with Crippen LogP contribution in [0.2, 0.25) is 0 Å². The standard InChI is InChI=1S/C16H19N5O3/c1-20-5-7-21(8-6-20)13-4-2-3-11-10(17-13)9-12(24-11)14-15(22)19-16(23)18-14/h2,4,9,14H,3,5-8H2,1H3,(H2,18,19,22,23). The van der Waals surface area contributed by atoms with Crippen LogP contribution in [0.3, 0.4) is 0 Å². The molecule has 3 aliphatic rings. The van der Waals surface area contributed by atoms with E-state index in [1.807, 2.05) is 12.2 Å². The lowest BCUT2D eigenvalue weighted by molar-refractivity contribution is -0.120. The zero-order valence-corrected chi connectivity index (χ0v) is 13.4. The molecule has 2 fully saturated rings. The van der Waals surface area contributed by atoms with Crippen molar-refractivity contribution in [3.05, 3.63) is 29.7 Å². The fourth-order valence-corrected chi connectivity index (χ4v) is 3.08. The lowest BCUT2D eigenvalue weighted by Gasteiger charge is -2.33. The van der Waals surface area contributed by atoms with Crippen molar-refractivity contribution < 1.29 is 14.0 Å². The zero-order valence-electron chi connectivity index (χ0n) is 13.4. The van der Waals surface area contributed by atoms with Gasteiger partial charge < -0.3 is 19.5 Å². The highest BCUT2D eigenvalue weighted by Crippen LogP contribution is 2.31. The van der Waals surface area contributed by atoms with Crippen molar-refractivity contribution in [1.29, 1.82) is 0 Å². The predicted molar refractivity (Wildman–Crippen MR) is 87.1 cm³/mol. The number of nitrogens with zero attached hydrogens (tertiary/aromatic N) is 3. The fourth-order valence-electron chi connectivity index (χ4n) is 3.08. The van der Waals surface area contributed by atoms with E-state index < -0.39 is 18.0 Å². The van der Waals surface area contributed by atoms with Gasteiger partial charge in [0.05, 0.1) is 0 Å². The molecular formula is C16H19N5O3. The molecule has 8 heteroatoms. The molecule has 3 aliphatic heterocycles. The number of imide groups is 1. The second-order valence-corrected chi connectivity index (χ2v) is 6.22. The Kier molecular flexibility index (Phi) is 3.61. The number of furan rings is 1. The normalized spacial score (nSPS) is 24.3. The Labute approximate surface area is 139 Å². The van der Waals surface area contributed by atoms with Gasteiger partial charge in [0, 0.05) is 38.7 Å². The Bertz CT molecular complexity index is 743. The van der Waals surface area contributed by atoms with Gasteiger partial charge in [0.15, 0.2) is 6.04 Å². The van der Waals surface area contributed by atoms with Gasteiger partial charge in [-0.25, -0.2) is 9.79 Å². The summed E-state index contributed by atoms with van der Waals surface area (Å²) in [5.41, 5.74) is 0.720. The quantitative estimate of drug-likeness (QED) is 0.735. The molecule has 0 saturated carbocycles. The van der Waals surface area contributed by atoms with Gasteiger partial charge in [0.25, 0.3) is 5.91 Å². The molecule has 0 radical (unpaired) electrons. The minimum atomic E-state index is -0.782. The lowest BCUT2D eigenvalue weighted by Crippen LogP contribution is -2.46. The number of carbonyl (C=O) groups excluding carboxylic acids is 2. The van der Waals surface area contributed by atoms with Crippen LogP contribution in [0, 0.1) is 0 Å². The molecule has 4 heterocycles. The number of amides is 3. The van der Waals surface area contributed by atoms with Crippen molar-refractivity contribution in [2.45, 2.75) is 12.5 Å². The summed E-state index contributed by atoms with van der Waals surface area (Å²) in [7, 11) is 2.11. The highest BCUT2D eigenvalue weighted by atomic mass is 16.3. The largest absolute Gasteiger partial charge is 0.461 e. The lowest BCUT2D eigenvalue weighted by atomic mass is 10.2. The van der Waals surface area contributed by atoms with Crippen LogP contribution in [-0.2, 0) is 11.2 Å². The van der Waals surface area contributed by atoms with Gasteiger partial charge in [-0.2, -0.15) is 0 Å². The fraction of sp³-hybridized carbons (Fsp3) is 0.438. The molecule has 1 aromatic heterocycles. The van der Waals surface area contributed by atoms with Crippen LogP contribution in [-0.4, -0.2) is 60.8 Å². The summed E-state index contributed by atoms with van der Waals surface area (Å²) >= 11 is 0. The van der Waals surface area contributed by atoms with Crippen LogP contribution < -0.4 is 10.6 Å². The molecule has 24 heavy (non-hydrogen) atoms. The number of hydrogen-bond acceptors (Lipinski definition) is 6. The maximum absolute atomic E-state index is 11.8. The van der Waals surface area contributed by atoms with E-state index in [2.05, 4.69) is 27.5 Å². The third kappa shape index (κ3) is 2.69. The molecule has 1 atom stereocenters. The zero-order chi connectivity index (χ0) is 16.7. The third-order valence-electron chi connectivity index (χ3n) is 4.50. The first-order chi connectivity index (χ1) is 11.6. The first-order valence-electron chi connectivity index (χ1n) is 8.03. The van der Waals surface area contributed by atoms with Gasteiger partial charge in [-0.05, 0) is 13.1 Å². The van der Waals surface area contributed by atoms with Crippen LogP contribution in [0.15, 0.2) is 27.6 Å². The summed E-state index contributed by atoms with van der Waals surface area (Å²) < 4.78 is 5.78. The van der Waals surface area contributed by atoms with Gasteiger partial charge in [-0.1, -0.05) is 6.08 Å². The summed E-state index contributed by atoms with van der Waals surface area (Å²) in [5, 5.41) is 4.76. The maximum Gasteiger partial charge on any atom is 0.322 e. The van der Waals surface area contributed by atoms with E-state index >= 15 is 0 Å². The number of piperazine rings is 1. The van der Waals surface area contributed by atoms with Crippen molar-refractivity contribution >= 4 is 23.5 Å². The number of carbonyl (C=O) groups is 2. The first kappa shape index (κ1) is 14.9. The summed E-state index contributed by atoms with van der Waals surface area (Å²) in [6.45, 7) is 3.87. The number of aliphatic imine (C=N–C) groups is 1. The number of likely N-dealkylation sites (N-methyl/N-ethyl adjacent to an activating group) is 1. The van der Waals surface area contributed by atoms with E-state index in [1.165, 1.54) is 0 Å². The minimum absolute atomic E-state index is 0.400. The topological polar surface area (TPSA) is 90.2 Å². The number of rotatable bonds is 1. The Morgan fingerprint density at radius 3 is 2.75 bits per heavy atom. The highest BCUT2D eigenvalue weighted by Gasteiger charge is 2.34. The SMILES string of the molecule is CN1CCN(C2=Nc3cc(C4NC(=O)NC4=O)oc3CC=C2)CC1. The van der Waals surface area contributed by atoms with E-state index in [4.69, 9.17) is 9.41 Å². The summed E-state index contributed by atoms with van der Waals surface area (Å²) in [4.78, 5) is 32.3. The molecule has 8 nitrogen and oxygen atoms in total. The molecule has 1 aromatic rings. The highest BCUT2D eigenvalue weighted by molar-refractivity contribution is 6.04. The number of allylic oxidation sites excluding steroid dienone is 1. The van der Waals surface area contributed by atoms with E-state index in [-0.39, 0.29) is 0 Å². The van der Waals surface area contributed by atoms with Gasteiger partial charge >= 0.3 is 6.03 Å². The van der Waals surface area contributed by atoms with Gasteiger partial charge in [-0.15, -0.1) is 0 Å². The van der Waals surface area contributed by atoms with E-state index in [0.29, 0.717) is 17.9 Å². The van der Waals surface area contributed by atoms with Gasteiger partial charge in [-0.3, -0.25) is 10.1 Å². The summed E-state index contributed by atoms with van der Waals surface area (Å²) in [6.07, 6.45) is 4.65. The third-order valence-corrected chi connectivity index (χ3v) is 4.50. The van der Waals surface area contributed by atoms with E-state index in [0.717, 1.165) is 37.7 Å². The molecule has 0 bridgehead atoms. The van der Waals surface area contributed by atoms with E-state index in [9.17, 15) is 9.59 Å². The second kappa shape index (κ2) is 5.79. The van der Waals surface area contributed by atoms with Gasteiger partial charge in [0.2, 0.25) is 0 Å². The Hall–Kier alpha value is -2.61. The molecular weight excluding hydrogens is 310 g/mol. The number of fused-ring (bicyclic) bond motifs is 1. The Morgan fingerprint density at radius 2 is 2.04 bits per heavy atom. The second-order valence-electron chi connectivity index (χ2n) is 6.22. The van der Waals surface area contributed by atoms with Crippen molar-refractivity contribution in [3.63, 3.8) is 0 Å². The molecule has 0 aromatic carbocycles. The molecule has 4 rings (SSSR count). The first-order valence-corrected chi connectivity index (χ1v) is 8.03. The molecule has 0 spiro atoms. The number of urea groups is 1. The van der Waals surface area contributed by atoms with E-state index in [1.54, 1.807) is 6.07 Å². The number of amidine groups is 1. The van der Waals surface area contributed by atoms with Crippen LogP contribution in [0.5, 0.6) is 0 Å². The molecule has 2 N–H and O–H groups in total. The monoisotopic (exact) mass is 329 g/mol. The van der Waals surface area contributed by atoms with Crippen LogP contribution in [0.4, 0.5) is 10.5 Å². The molecule has 3 amide bonds. The van der Waals surface area contributed by atoms with Crippen molar-refractivity contribution in [2.24, 2.45) is 4.99 Å².